The summed E-state index contributed by atoms with van der Waals surface area (Å²) in [6.07, 6.45) is 20.5. The number of hydrogen-bond acceptors (Lipinski definition) is 1. The molecule has 2 heteroatoms. The van der Waals surface area contributed by atoms with E-state index in [1.54, 1.807) is 0 Å². The van der Waals surface area contributed by atoms with E-state index in [1.807, 2.05) is 6.08 Å². The van der Waals surface area contributed by atoms with E-state index >= 15 is 0 Å². The van der Waals surface area contributed by atoms with Crippen LogP contribution in [-0.4, -0.2) is 11.1 Å². The lowest BCUT2D eigenvalue weighted by Gasteiger charge is -1.92. The molecule has 0 atom stereocenters. The van der Waals surface area contributed by atoms with Gasteiger partial charge in [0, 0.05) is 6.42 Å². The Balaban J connectivity index is 3.34. The molecule has 0 aromatic carbocycles. The van der Waals surface area contributed by atoms with Crippen molar-refractivity contribution in [1.29, 1.82) is 0 Å². The molecule has 0 radical (unpaired) electrons. The molecule has 2 nitrogen and oxygen atoms in total. The van der Waals surface area contributed by atoms with Crippen LogP contribution in [0.25, 0.3) is 0 Å². The molecule has 0 aliphatic rings. The van der Waals surface area contributed by atoms with E-state index in [1.165, 1.54) is 0 Å². The summed E-state index contributed by atoms with van der Waals surface area (Å²) >= 11 is 0. The van der Waals surface area contributed by atoms with Crippen molar-refractivity contribution in [2.45, 2.75) is 44.9 Å². The zero-order valence-corrected chi connectivity index (χ0v) is 11.1. The van der Waals surface area contributed by atoms with Gasteiger partial charge < -0.3 is 5.11 Å². The van der Waals surface area contributed by atoms with Crippen LogP contribution in [0.4, 0.5) is 0 Å². The maximum absolute atomic E-state index is 10.3. The van der Waals surface area contributed by atoms with Crippen LogP contribution in [0.5, 0.6) is 0 Å². The van der Waals surface area contributed by atoms with Crippen molar-refractivity contribution >= 4 is 5.97 Å². The first-order valence-corrected chi connectivity index (χ1v) is 6.55. The number of hydrogen-bond donors (Lipinski definition) is 1. The maximum Gasteiger partial charge on any atom is 0.303 e. The van der Waals surface area contributed by atoms with Crippen molar-refractivity contribution in [2.75, 3.05) is 0 Å². The monoisotopic (exact) mass is 248 g/mol. The summed E-state index contributed by atoms with van der Waals surface area (Å²) in [6.45, 7) is 3.65. The predicted molar refractivity (Wildman–Crippen MR) is 77.6 cm³/mol. The van der Waals surface area contributed by atoms with Gasteiger partial charge in [0.25, 0.3) is 0 Å². The largest absolute Gasteiger partial charge is 0.481 e. The van der Waals surface area contributed by atoms with Crippen molar-refractivity contribution in [3.63, 3.8) is 0 Å². The van der Waals surface area contributed by atoms with E-state index < -0.39 is 5.97 Å². The second-order valence-electron chi connectivity index (χ2n) is 4.05. The molecule has 0 rings (SSSR count). The summed E-state index contributed by atoms with van der Waals surface area (Å²) in [4.78, 5) is 10.3. The van der Waals surface area contributed by atoms with Crippen LogP contribution in [-0.2, 0) is 4.79 Å². The number of carbonyl (C=O) groups is 1. The van der Waals surface area contributed by atoms with E-state index in [0.29, 0.717) is 0 Å². The summed E-state index contributed by atoms with van der Waals surface area (Å²) in [5.74, 6) is -0.702. The Morgan fingerprint density at radius 2 is 1.44 bits per heavy atom. The average Bonchev–Trinajstić information content (AvgIpc) is 2.34. The van der Waals surface area contributed by atoms with Crippen LogP contribution in [0.1, 0.15) is 44.9 Å². The minimum Gasteiger partial charge on any atom is -0.481 e. The molecule has 100 valence electrons. The van der Waals surface area contributed by atoms with Gasteiger partial charge in [-0.3, -0.25) is 4.79 Å². The van der Waals surface area contributed by atoms with Gasteiger partial charge >= 0.3 is 5.97 Å². The van der Waals surface area contributed by atoms with Crippen LogP contribution in [0.3, 0.4) is 0 Å². The molecule has 1 N–H and O–H groups in total. The Bertz CT molecular complexity index is 298. The minimum atomic E-state index is -0.702. The number of rotatable bonds is 11. The van der Waals surface area contributed by atoms with Crippen LogP contribution >= 0.6 is 0 Å². The van der Waals surface area contributed by atoms with Crippen molar-refractivity contribution in [3.05, 3.63) is 49.1 Å². The van der Waals surface area contributed by atoms with Gasteiger partial charge in [-0.25, -0.2) is 0 Å². The summed E-state index contributed by atoms with van der Waals surface area (Å²) in [5.41, 5.74) is 0. The SMILES string of the molecule is C=CC/C=C/C/C=C/C/C=C/CCCCC(=O)O. The van der Waals surface area contributed by atoms with Crippen LogP contribution in [0.2, 0.25) is 0 Å². The number of allylic oxidation sites excluding steroid dienone is 7. The van der Waals surface area contributed by atoms with Gasteiger partial charge in [-0.1, -0.05) is 42.5 Å². The molecule has 0 amide bonds. The summed E-state index contributed by atoms with van der Waals surface area (Å²) in [6, 6.07) is 0. The third-order valence-corrected chi connectivity index (χ3v) is 2.36. The van der Waals surface area contributed by atoms with Gasteiger partial charge in [0.1, 0.15) is 0 Å². The topological polar surface area (TPSA) is 37.3 Å². The summed E-state index contributed by atoms with van der Waals surface area (Å²) < 4.78 is 0. The molecular formula is C16H24O2. The van der Waals surface area contributed by atoms with Gasteiger partial charge in [-0.15, -0.1) is 6.58 Å². The summed E-state index contributed by atoms with van der Waals surface area (Å²) in [7, 11) is 0. The third-order valence-electron chi connectivity index (χ3n) is 2.36. The molecular weight excluding hydrogens is 224 g/mol. The lowest BCUT2D eigenvalue weighted by molar-refractivity contribution is -0.137. The standard InChI is InChI=1S/C16H24O2/c1-2-3-4-5-6-7-8-9-10-11-12-13-14-15-16(17)18/h2,4-5,7-8,10-11H,1,3,6,9,12-15H2,(H,17,18)/b5-4+,8-7+,11-10+. The fourth-order valence-corrected chi connectivity index (χ4v) is 1.39. The molecule has 0 fully saturated rings. The molecule has 0 spiro atoms. The van der Waals surface area contributed by atoms with Crippen molar-refractivity contribution in [3.8, 4) is 0 Å². The highest BCUT2D eigenvalue weighted by Crippen LogP contribution is 2.01. The Hall–Kier alpha value is -1.57. The molecule has 0 aromatic rings. The number of unbranched alkanes of at least 4 members (excludes halogenated alkanes) is 2. The van der Waals surface area contributed by atoms with Gasteiger partial charge in [-0.05, 0) is 38.5 Å². The van der Waals surface area contributed by atoms with E-state index in [4.69, 9.17) is 5.11 Å². The average molecular weight is 248 g/mol. The smallest absolute Gasteiger partial charge is 0.303 e. The number of carboxylic acid groups (broad SMARTS) is 1. The lowest BCUT2D eigenvalue weighted by atomic mass is 10.2. The first kappa shape index (κ1) is 16.4. The first-order chi connectivity index (χ1) is 8.77. The second kappa shape index (κ2) is 13.5. The Kier molecular flexibility index (Phi) is 12.3. The molecule has 0 heterocycles. The highest BCUT2D eigenvalue weighted by molar-refractivity contribution is 5.66. The molecule has 0 aliphatic heterocycles. The van der Waals surface area contributed by atoms with E-state index in [0.717, 1.165) is 38.5 Å². The zero-order valence-electron chi connectivity index (χ0n) is 11.1. The zero-order chi connectivity index (χ0) is 13.5. The van der Waals surface area contributed by atoms with Crippen molar-refractivity contribution in [1.82, 2.24) is 0 Å². The van der Waals surface area contributed by atoms with Gasteiger partial charge in [-0.2, -0.15) is 0 Å². The second-order valence-corrected chi connectivity index (χ2v) is 4.05. The van der Waals surface area contributed by atoms with E-state index in [-0.39, 0.29) is 6.42 Å². The van der Waals surface area contributed by atoms with Crippen LogP contribution in [0, 0.1) is 0 Å². The Labute approximate surface area is 110 Å². The van der Waals surface area contributed by atoms with Crippen molar-refractivity contribution in [2.24, 2.45) is 0 Å². The van der Waals surface area contributed by atoms with Gasteiger partial charge in [0.15, 0.2) is 0 Å². The predicted octanol–water partition coefficient (Wildman–Crippen LogP) is 4.66. The molecule has 0 saturated heterocycles. The van der Waals surface area contributed by atoms with Crippen LogP contribution < -0.4 is 0 Å². The van der Waals surface area contributed by atoms with Gasteiger partial charge in [0.05, 0.1) is 0 Å². The van der Waals surface area contributed by atoms with E-state index in [2.05, 4.69) is 43.0 Å². The normalized spacial score (nSPS) is 11.8. The Morgan fingerprint density at radius 1 is 0.889 bits per heavy atom. The highest BCUT2D eigenvalue weighted by Gasteiger charge is 1.93. The maximum atomic E-state index is 10.3. The quantitative estimate of drug-likeness (QED) is 0.426. The minimum absolute atomic E-state index is 0.283. The highest BCUT2D eigenvalue weighted by atomic mass is 16.4. The molecule has 0 bridgehead atoms. The van der Waals surface area contributed by atoms with E-state index in [9.17, 15) is 4.79 Å². The van der Waals surface area contributed by atoms with Crippen LogP contribution in [0.15, 0.2) is 49.1 Å². The number of carboxylic acids is 1. The molecule has 18 heavy (non-hydrogen) atoms. The third kappa shape index (κ3) is 14.4. The Morgan fingerprint density at radius 3 is 2.00 bits per heavy atom. The first-order valence-electron chi connectivity index (χ1n) is 6.55. The summed E-state index contributed by atoms with van der Waals surface area (Å²) in [5, 5.41) is 8.45. The molecule has 0 aliphatic carbocycles. The van der Waals surface area contributed by atoms with Crippen molar-refractivity contribution < 1.29 is 9.90 Å². The van der Waals surface area contributed by atoms with Gasteiger partial charge in [0.2, 0.25) is 0 Å². The number of aliphatic carboxylic acids is 1. The molecule has 0 saturated carbocycles. The fourth-order valence-electron chi connectivity index (χ4n) is 1.39. The molecule has 0 unspecified atom stereocenters. The fraction of sp³-hybridized carbons (Fsp3) is 0.438. The molecule has 0 aromatic heterocycles. The lowest BCUT2D eigenvalue weighted by Crippen LogP contribution is -1.92.